The van der Waals surface area contributed by atoms with Crippen LogP contribution in [-0.2, 0) is 6.42 Å². The van der Waals surface area contributed by atoms with Crippen molar-refractivity contribution in [3.63, 3.8) is 0 Å². The van der Waals surface area contributed by atoms with Crippen molar-refractivity contribution < 1.29 is 14.3 Å². The van der Waals surface area contributed by atoms with Crippen LogP contribution in [0.3, 0.4) is 0 Å². The molecule has 1 heterocycles. The van der Waals surface area contributed by atoms with E-state index in [0.29, 0.717) is 0 Å². The third-order valence-corrected chi connectivity index (χ3v) is 6.62. The molecule has 4 nitrogen and oxygen atoms in total. The van der Waals surface area contributed by atoms with Crippen molar-refractivity contribution in [1.82, 2.24) is 4.90 Å². The van der Waals surface area contributed by atoms with Crippen LogP contribution in [0.5, 0.6) is 11.5 Å². The van der Waals surface area contributed by atoms with Crippen LogP contribution < -0.4 is 9.47 Å². The van der Waals surface area contributed by atoms with Crippen LogP contribution in [0.1, 0.15) is 59.5 Å². The summed E-state index contributed by atoms with van der Waals surface area (Å²) in [6, 6.07) is 13.9. The number of unbranched alkanes of at least 4 members (excludes halogenated alkanes) is 3. The number of hydrogen-bond acceptors (Lipinski definition) is 4. The second kappa shape index (κ2) is 10.6. The van der Waals surface area contributed by atoms with Crippen LogP contribution in [0.25, 0.3) is 0 Å². The summed E-state index contributed by atoms with van der Waals surface area (Å²) in [6.07, 6.45) is 6.10. The number of carbonyl (C=O) groups is 1. The van der Waals surface area contributed by atoms with Gasteiger partial charge in [0.05, 0.1) is 14.2 Å². The first kappa shape index (κ1) is 21.6. The maximum Gasteiger partial charge on any atom is 0.255 e. The smallest absolute Gasteiger partial charge is 0.255 e. The molecular weight excluding hydrogens is 382 g/mol. The first-order valence-electron chi connectivity index (χ1n) is 10.4. The molecule has 0 saturated carbocycles. The van der Waals surface area contributed by atoms with Gasteiger partial charge < -0.3 is 14.4 Å². The number of thioether (sulfide) groups is 1. The summed E-state index contributed by atoms with van der Waals surface area (Å²) >= 11 is 1.76. The quantitative estimate of drug-likeness (QED) is 0.493. The largest absolute Gasteiger partial charge is 0.497 e. The molecule has 0 N–H and O–H groups in total. The van der Waals surface area contributed by atoms with Crippen LogP contribution in [-0.4, -0.2) is 37.3 Å². The Morgan fingerprint density at radius 2 is 1.86 bits per heavy atom. The second-order valence-electron chi connectivity index (χ2n) is 7.34. The van der Waals surface area contributed by atoms with E-state index in [1.165, 1.54) is 31.2 Å². The standard InChI is InChI=1S/C24H31NO3S/c1-4-5-6-7-8-18-9-11-19(12-10-18)23(26)25-15-16-29-24(25)21-17-20(27-2)13-14-22(21)28-3/h9-14,17,24H,4-8,15-16H2,1-3H3. The fourth-order valence-electron chi connectivity index (χ4n) is 3.70. The number of nitrogens with zero attached hydrogens (tertiary/aromatic N) is 1. The van der Waals surface area contributed by atoms with E-state index >= 15 is 0 Å². The van der Waals surface area contributed by atoms with Crippen LogP contribution in [0.4, 0.5) is 0 Å². The number of carbonyl (C=O) groups excluding carboxylic acids is 1. The zero-order valence-corrected chi connectivity index (χ0v) is 18.5. The second-order valence-corrected chi connectivity index (χ2v) is 8.53. The zero-order valence-electron chi connectivity index (χ0n) is 17.6. The molecule has 1 saturated heterocycles. The molecule has 3 rings (SSSR count). The Labute approximate surface area is 178 Å². The van der Waals surface area contributed by atoms with Crippen molar-refractivity contribution in [2.24, 2.45) is 0 Å². The number of methoxy groups -OCH3 is 2. The predicted molar refractivity (Wildman–Crippen MR) is 120 cm³/mol. The summed E-state index contributed by atoms with van der Waals surface area (Å²) < 4.78 is 10.9. The molecule has 156 valence electrons. The van der Waals surface area contributed by atoms with E-state index in [-0.39, 0.29) is 11.3 Å². The number of aryl methyl sites for hydroxylation is 1. The molecule has 5 heteroatoms. The van der Waals surface area contributed by atoms with Gasteiger partial charge in [0.25, 0.3) is 5.91 Å². The van der Waals surface area contributed by atoms with Crippen LogP contribution in [0.2, 0.25) is 0 Å². The van der Waals surface area contributed by atoms with Crippen molar-refractivity contribution >= 4 is 17.7 Å². The molecule has 0 aromatic heterocycles. The van der Waals surface area contributed by atoms with Crippen molar-refractivity contribution in [2.45, 2.75) is 44.4 Å². The summed E-state index contributed by atoms with van der Waals surface area (Å²) in [6.45, 7) is 2.96. The summed E-state index contributed by atoms with van der Waals surface area (Å²) in [5.41, 5.74) is 3.03. The first-order chi connectivity index (χ1) is 14.2. The van der Waals surface area contributed by atoms with Crippen molar-refractivity contribution in [1.29, 1.82) is 0 Å². The molecule has 0 spiro atoms. The van der Waals surface area contributed by atoms with E-state index in [1.54, 1.807) is 26.0 Å². The highest BCUT2D eigenvalue weighted by Crippen LogP contribution is 2.43. The SMILES string of the molecule is CCCCCCc1ccc(C(=O)N2CCSC2c2cc(OC)ccc2OC)cc1. The van der Waals surface area contributed by atoms with E-state index in [0.717, 1.165) is 41.3 Å². The topological polar surface area (TPSA) is 38.8 Å². The number of benzene rings is 2. The van der Waals surface area contributed by atoms with Gasteiger partial charge in [-0.1, -0.05) is 38.3 Å². The Hall–Kier alpha value is -2.14. The molecule has 0 aliphatic carbocycles. The van der Waals surface area contributed by atoms with Gasteiger partial charge in [-0.05, 0) is 48.7 Å². The third-order valence-electron chi connectivity index (χ3n) is 5.37. The van der Waals surface area contributed by atoms with Gasteiger partial charge in [-0.3, -0.25) is 4.79 Å². The van der Waals surface area contributed by atoms with Gasteiger partial charge in [0, 0.05) is 23.4 Å². The average Bonchev–Trinajstić information content (AvgIpc) is 3.26. The average molecular weight is 414 g/mol. The summed E-state index contributed by atoms with van der Waals surface area (Å²) in [4.78, 5) is 15.2. The van der Waals surface area contributed by atoms with Gasteiger partial charge in [0.1, 0.15) is 16.9 Å². The molecule has 1 fully saturated rings. The molecule has 1 unspecified atom stereocenters. The number of rotatable bonds is 9. The van der Waals surface area contributed by atoms with Gasteiger partial charge >= 0.3 is 0 Å². The van der Waals surface area contributed by atoms with E-state index in [2.05, 4.69) is 19.1 Å². The molecule has 1 aliphatic heterocycles. The minimum Gasteiger partial charge on any atom is -0.497 e. The Kier molecular flexibility index (Phi) is 7.87. The molecule has 1 amide bonds. The van der Waals surface area contributed by atoms with Gasteiger partial charge in [0.2, 0.25) is 0 Å². The van der Waals surface area contributed by atoms with Crippen LogP contribution in [0, 0.1) is 0 Å². The summed E-state index contributed by atoms with van der Waals surface area (Å²) in [5.74, 6) is 2.53. The maximum atomic E-state index is 13.2. The summed E-state index contributed by atoms with van der Waals surface area (Å²) in [5, 5.41) is -0.0683. The molecule has 0 radical (unpaired) electrons. The Morgan fingerprint density at radius 3 is 2.55 bits per heavy atom. The normalized spacial score (nSPS) is 16.1. The molecule has 1 atom stereocenters. The number of amides is 1. The zero-order chi connectivity index (χ0) is 20.6. The van der Waals surface area contributed by atoms with Gasteiger partial charge in [-0.2, -0.15) is 0 Å². The molecule has 29 heavy (non-hydrogen) atoms. The lowest BCUT2D eigenvalue weighted by atomic mass is 10.0. The van der Waals surface area contributed by atoms with Crippen molar-refractivity contribution in [2.75, 3.05) is 26.5 Å². The fraction of sp³-hybridized carbons (Fsp3) is 0.458. The monoisotopic (exact) mass is 413 g/mol. The van der Waals surface area contributed by atoms with Crippen LogP contribution in [0.15, 0.2) is 42.5 Å². The Bertz CT molecular complexity index is 806. The van der Waals surface area contributed by atoms with Crippen molar-refractivity contribution in [3.05, 3.63) is 59.2 Å². The summed E-state index contributed by atoms with van der Waals surface area (Å²) in [7, 11) is 3.32. The van der Waals surface area contributed by atoms with E-state index < -0.39 is 0 Å². The van der Waals surface area contributed by atoms with E-state index in [4.69, 9.17) is 9.47 Å². The maximum absolute atomic E-state index is 13.2. The van der Waals surface area contributed by atoms with Crippen LogP contribution >= 0.6 is 11.8 Å². The minimum absolute atomic E-state index is 0.0683. The Balaban J connectivity index is 1.73. The number of ether oxygens (including phenoxy) is 2. The van der Waals surface area contributed by atoms with Crippen molar-refractivity contribution in [3.8, 4) is 11.5 Å². The van der Waals surface area contributed by atoms with Gasteiger partial charge in [-0.25, -0.2) is 0 Å². The first-order valence-corrected chi connectivity index (χ1v) is 11.5. The molecule has 2 aromatic rings. The predicted octanol–water partition coefficient (Wildman–Crippen LogP) is 5.71. The van der Waals surface area contributed by atoms with Gasteiger partial charge in [0.15, 0.2) is 0 Å². The lowest BCUT2D eigenvalue weighted by Gasteiger charge is -2.26. The number of hydrogen-bond donors (Lipinski definition) is 0. The molecule has 0 bridgehead atoms. The minimum atomic E-state index is -0.0683. The van der Waals surface area contributed by atoms with E-state index in [1.807, 2.05) is 35.2 Å². The third kappa shape index (κ3) is 5.27. The molecule has 2 aromatic carbocycles. The Morgan fingerprint density at radius 1 is 1.07 bits per heavy atom. The fourth-order valence-corrected chi connectivity index (χ4v) is 4.97. The highest BCUT2D eigenvalue weighted by molar-refractivity contribution is 7.99. The highest BCUT2D eigenvalue weighted by atomic mass is 32.2. The van der Waals surface area contributed by atoms with Gasteiger partial charge in [-0.15, -0.1) is 11.8 Å². The lowest BCUT2D eigenvalue weighted by molar-refractivity contribution is 0.0759. The molecule has 1 aliphatic rings. The van der Waals surface area contributed by atoms with E-state index in [9.17, 15) is 4.79 Å². The molecular formula is C24H31NO3S. The highest BCUT2D eigenvalue weighted by Gasteiger charge is 2.33. The lowest BCUT2D eigenvalue weighted by Crippen LogP contribution is -2.30.